The van der Waals surface area contributed by atoms with Gasteiger partial charge < -0.3 is 14.5 Å². The summed E-state index contributed by atoms with van der Waals surface area (Å²) in [7, 11) is -3.68. The summed E-state index contributed by atoms with van der Waals surface area (Å²) < 4.78 is 33.7. The van der Waals surface area contributed by atoms with Gasteiger partial charge in [0.05, 0.1) is 17.4 Å². The number of benzene rings is 2. The average molecular weight is 506 g/mol. The molecule has 0 unspecified atom stereocenters. The van der Waals surface area contributed by atoms with Crippen LogP contribution in [0.2, 0.25) is 5.02 Å². The highest BCUT2D eigenvalue weighted by atomic mass is 35.5. The van der Waals surface area contributed by atoms with Crippen LogP contribution in [0.4, 0.5) is 5.69 Å². The Morgan fingerprint density at radius 1 is 1.09 bits per heavy atom. The molecule has 2 aromatic rings. The van der Waals surface area contributed by atoms with E-state index in [2.05, 4.69) is 4.90 Å². The second kappa shape index (κ2) is 10.5. The molecule has 2 aliphatic heterocycles. The quantitative estimate of drug-likeness (QED) is 0.597. The summed E-state index contributed by atoms with van der Waals surface area (Å²) in [6, 6.07) is 12.7. The molecule has 0 aromatic heterocycles. The number of ether oxygens (including phenoxy) is 1. The second-order valence-electron chi connectivity index (χ2n) is 8.85. The van der Waals surface area contributed by atoms with E-state index in [0.29, 0.717) is 49.9 Å². The molecule has 2 fully saturated rings. The lowest BCUT2D eigenvalue weighted by molar-refractivity contribution is -0.137. The summed E-state index contributed by atoms with van der Waals surface area (Å²) in [5.41, 5.74) is 1.84. The summed E-state index contributed by atoms with van der Waals surface area (Å²) in [6.45, 7) is 7.61. The number of halogens is 1. The van der Waals surface area contributed by atoms with E-state index in [1.165, 1.54) is 4.31 Å². The molecule has 2 aromatic carbocycles. The monoisotopic (exact) mass is 505 g/mol. The molecule has 0 saturated carbocycles. The number of rotatable bonds is 6. The Kier molecular flexibility index (Phi) is 7.70. The molecule has 34 heavy (non-hydrogen) atoms. The number of sulfonamides is 1. The minimum absolute atomic E-state index is 0.0496. The molecule has 1 atom stereocenters. The molecule has 4 rings (SSSR count). The Morgan fingerprint density at radius 3 is 2.53 bits per heavy atom. The zero-order chi connectivity index (χ0) is 24.3. The highest BCUT2D eigenvalue weighted by Gasteiger charge is 2.36. The highest BCUT2D eigenvalue weighted by molar-refractivity contribution is 7.89. The number of carbonyl (C=O) groups is 1. The number of amides is 1. The van der Waals surface area contributed by atoms with Gasteiger partial charge in [-0.1, -0.05) is 17.7 Å². The predicted octanol–water partition coefficient (Wildman–Crippen LogP) is 3.80. The van der Waals surface area contributed by atoms with Crippen molar-refractivity contribution in [1.82, 2.24) is 9.21 Å². The van der Waals surface area contributed by atoms with E-state index in [1.807, 2.05) is 43.0 Å². The van der Waals surface area contributed by atoms with Gasteiger partial charge in [0.25, 0.3) is 0 Å². The zero-order valence-electron chi connectivity index (χ0n) is 19.7. The van der Waals surface area contributed by atoms with Gasteiger partial charge in [-0.3, -0.25) is 4.79 Å². The van der Waals surface area contributed by atoms with Crippen molar-refractivity contribution < 1.29 is 17.9 Å². The molecule has 2 heterocycles. The van der Waals surface area contributed by atoms with Crippen LogP contribution in [0.1, 0.15) is 25.3 Å². The van der Waals surface area contributed by atoms with Crippen LogP contribution in [0.15, 0.2) is 47.4 Å². The summed E-state index contributed by atoms with van der Waals surface area (Å²) >= 11 is 6.12. The third-order valence-corrected chi connectivity index (χ3v) is 8.68. The summed E-state index contributed by atoms with van der Waals surface area (Å²) in [5, 5.41) is 0.697. The van der Waals surface area contributed by atoms with Crippen molar-refractivity contribution in [2.24, 2.45) is 5.92 Å². The minimum Gasteiger partial charge on any atom is -0.494 e. The van der Waals surface area contributed by atoms with Gasteiger partial charge in [0.1, 0.15) is 5.75 Å². The second-order valence-corrected chi connectivity index (χ2v) is 11.2. The van der Waals surface area contributed by atoms with E-state index < -0.39 is 10.0 Å². The van der Waals surface area contributed by atoms with Crippen molar-refractivity contribution in [2.45, 2.75) is 31.6 Å². The van der Waals surface area contributed by atoms with Gasteiger partial charge in [-0.25, -0.2) is 8.42 Å². The molecule has 9 heteroatoms. The van der Waals surface area contributed by atoms with Crippen LogP contribution < -0.4 is 9.64 Å². The van der Waals surface area contributed by atoms with Gasteiger partial charge in [-0.15, -0.1) is 0 Å². The molecule has 2 aliphatic rings. The molecular formula is C25H32ClN3O4S. The van der Waals surface area contributed by atoms with Gasteiger partial charge in [0.15, 0.2) is 0 Å². The number of piperazine rings is 1. The predicted molar refractivity (Wildman–Crippen MR) is 134 cm³/mol. The lowest BCUT2D eigenvalue weighted by atomic mass is 9.97. The van der Waals surface area contributed by atoms with Crippen LogP contribution in [0, 0.1) is 12.8 Å². The van der Waals surface area contributed by atoms with E-state index in [4.69, 9.17) is 16.3 Å². The van der Waals surface area contributed by atoms with Crippen LogP contribution in [0.3, 0.4) is 0 Å². The lowest BCUT2D eigenvalue weighted by Crippen LogP contribution is -2.53. The lowest BCUT2D eigenvalue weighted by Gasteiger charge is -2.39. The van der Waals surface area contributed by atoms with Gasteiger partial charge in [-0.05, 0) is 68.7 Å². The van der Waals surface area contributed by atoms with Gasteiger partial charge in [0.2, 0.25) is 15.9 Å². The topological polar surface area (TPSA) is 70.2 Å². The third kappa shape index (κ3) is 5.34. The maximum absolute atomic E-state index is 13.3. The van der Waals surface area contributed by atoms with Crippen LogP contribution >= 0.6 is 11.6 Å². The number of piperidine rings is 1. The van der Waals surface area contributed by atoms with Crippen LogP contribution in [-0.2, 0) is 14.8 Å². The van der Waals surface area contributed by atoms with Crippen molar-refractivity contribution in [3.05, 3.63) is 53.1 Å². The van der Waals surface area contributed by atoms with Gasteiger partial charge in [0, 0.05) is 50.0 Å². The Morgan fingerprint density at radius 2 is 1.85 bits per heavy atom. The fraction of sp³-hybridized carbons (Fsp3) is 0.480. The maximum atomic E-state index is 13.3. The Balaban J connectivity index is 1.39. The van der Waals surface area contributed by atoms with Crippen LogP contribution in [0.25, 0.3) is 0 Å². The molecule has 0 bridgehead atoms. The largest absolute Gasteiger partial charge is 0.494 e. The third-order valence-electron chi connectivity index (χ3n) is 6.58. The highest BCUT2D eigenvalue weighted by Crippen LogP contribution is 2.29. The van der Waals surface area contributed by atoms with E-state index in [1.54, 1.807) is 18.2 Å². The molecule has 0 spiro atoms. The Hall–Kier alpha value is -2.29. The van der Waals surface area contributed by atoms with Crippen molar-refractivity contribution in [2.75, 3.05) is 50.8 Å². The summed E-state index contributed by atoms with van der Waals surface area (Å²) in [6.07, 6.45) is 1.38. The van der Waals surface area contributed by atoms with Crippen molar-refractivity contribution in [1.29, 1.82) is 0 Å². The number of aryl methyl sites for hydroxylation is 1. The molecule has 2 saturated heterocycles. The zero-order valence-corrected chi connectivity index (χ0v) is 21.3. The van der Waals surface area contributed by atoms with E-state index in [0.717, 1.165) is 24.3 Å². The fourth-order valence-corrected chi connectivity index (χ4v) is 6.52. The average Bonchev–Trinajstić information content (AvgIpc) is 2.85. The van der Waals surface area contributed by atoms with Crippen molar-refractivity contribution >= 4 is 33.2 Å². The van der Waals surface area contributed by atoms with Gasteiger partial charge >= 0.3 is 0 Å². The first-order chi connectivity index (χ1) is 16.3. The first-order valence-corrected chi connectivity index (χ1v) is 13.6. The first kappa shape index (κ1) is 24.8. The van der Waals surface area contributed by atoms with E-state index in [9.17, 15) is 13.2 Å². The smallest absolute Gasteiger partial charge is 0.243 e. The maximum Gasteiger partial charge on any atom is 0.243 e. The van der Waals surface area contributed by atoms with E-state index >= 15 is 0 Å². The van der Waals surface area contributed by atoms with Crippen molar-refractivity contribution in [3.8, 4) is 5.75 Å². The molecular weight excluding hydrogens is 474 g/mol. The van der Waals surface area contributed by atoms with Crippen LogP contribution in [0.5, 0.6) is 5.75 Å². The summed E-state index contributed by atoms with van der Waals surface area (Å²) in [5.74, 6) is 0.420. The van der Waals surface area contributed by atoms with Crippen molar-refractivity contribution in [3.63, 3.8) is 0 Å². The number of hydrogen-bond donors (Lipinski definition) is 0. The van der Waals surface area contributed by atoms with Crippen LogP contribution in [-0.4, -0.2) is 69.4 Å². The molecule has 1 amide bonds. The molecule has 0 aliphatic carbocycles. The molecule has 184 valence electrons. The molecule has 7 nitrogen and oxygen atoms in total. The standard InChI is InChI=1S/C25H32ClN3O4S/c1-3-33-24-10-9-23(16-19(24)2)34(31,32)29-11-5-6-20(18-29)25(30)28-14-12-27(13-15-28)22-8-4-7-21(26)17-22/h4,7-10,16-17,20H,3,5-6,11-15,18H2,1-2H3/t20-/m1/s1. The minimum atomic E-state index is -3.68. The fourth-order valence-electron chi connectivity index (χ4n) is 4.73. The number of anilines is 1. The Bertz CT molecular complexity index is 1130. The normalized spacial score (nSPS) is 19.8. The van der Waals surface area contributed by atoms with E-state index in [-0.39, 0.29) is 23.3 Å². The SMILES string of the molecule is CCOc1ccc(S(=O)(=O)N2CCC[C@@H](C(=O)N3CCN(c4cccc(Cl)c4)CC3)C2)cc1C. The molecule has 0 radical (unpaired) electrons. The summed E-state index contributed by atoms with van der Waals surface area (Å²) in [4.78, 5) is 17.6. The van der Waals surface area contributed by atoms with Gasteiger partial charge in [-0.2, -0.15) is 4.31 Å². The number of carbonyl (C=O) groups excluding carboxylic acids is 1. The number of nitrogens with zero attached hydrogens (tertiary/aromatic N) is 3. The molecule has 0 N–H and O–H groups in total. The number of hydrogen-bond acceptors (Lipinski definition) is 5. The Labute approximate surface area is 207 Å². The first-order valence-electron chi connectivity index (χ1n) is 11.8.